The number of anilines is 1. The van der Waals surface area contributed by atoms with Crippen LogP contribution in [0, 0.1) is 10.1 Å². The molecule has 1 amide bonds. The molecule has 25 heavy (non-hydrogen) atoms. The first-order chi connectivity index (χ1) is 11.9. The van der Waals surface area contributed by atoms with Gasteiger partial charge in [0.2, 0.25) is 0 Å². The van der Waals surface area contributed by atoms with Crippen molar-refractivity contribution in [2.24, 2.45) is 7.05 Å². The molecule has 0 radical (unpaired) electrons. The minimum absolute atomic E-state index is 0.0496. The summed E-state index contributed by atoms with van der Waals surface area (Å²) in [6.07, 6.45) is 1.43. The van der Waals surface area contributed by atoms with Gasteiger partial charge in [0, 0.05) is 19.3 Å². The topological polar surface area (TPSA) is 126 Å². The van der Waals surface area contributed by atoms with E-state index in [1.807, 2.05) is 0 Å². The molecule has 2 aromatic rings. The van der Waals surface area contributed by atoms with E-state index < -0.39 is 23.4 Å². The second-order valence-corrected chi connectivity index (χ2v) is 4.88. The van der Waals surface area contributed by atoms with Crippen LogP contribution in [0.4, 0.5) is 11.5 Å². The predicted octanol–water partition coefficient (Wildman–Crippen LogP) is 1.52. The van der Waals surface area contributed by atoms with E-state index in [0.717, 1.165) is 0 Å². The van der Waals surface area contributed by atoms with E-state index >= 15 is 0 Å². The molecule has 0 aliphatic heterocycles. The number of aromatic nitrogens is 2. The minimum Gasteiger partial charge on any atom is -0.484 e. The van der Waals surface area contributed by atoms with Crippen LogP contribution in [0.3, 0.4) is 0 Å². The van der Waals surface area contributed by atoms with Gasteiger partial charge in [-0.15, -0.1) is 0 Å². The van der Waals surface area contributed by atoms with Crippen LogP contribution >= 0.6 is 0 Å². The zero-order chi connectivity index (χ0) is 18.4. The van der Waals surface area contributed by atoms with E-state index in [0.29, 0.717) is 0 Å². The molecule has 10 nitrogen and oxygen atoms in total. The summed E-state index contributed by atoms with van der Waals surface area (Å²) in [6.45, 7) is 1.45. The Labute approximate surface area is 142 Å². The average molecular weight is 348 g/mol. The highest BCUT2D eigenvalue weighted by Gasteiger charge is 2.19. The summed E-state index contributed by atoms with van der Waals surface area (Å²) in [6, 6.07) is 5.46. The number of benzene rings is 1. The van der Waals surface area contributed by atoms with Gasteiger partial charge in [0.1, 0.15) is 11.3 Å². The summed E-state index contributed by atoms with van der Waals surface area (Å²) in [4.78, 5) is 33.9. The van der Waals surface area contributed by atoms with Gasteiger partial charge in [0.15, 0.2) is 12.4 Å². The lowest BCUT2D eigenvalue weighted by Gasteiger charge is -2.07. The maximum absolute atomic E-state index is 12.0. The predicted molar refractivity (Wildman–Crippen MR) is 86.4 cm³/mol. The number of nitrogens with zero attached hydrogens (tertiary/aromatic N) is 3. The molecule has 0 saturated carbocycles. The largest absolute Gasteiger partial charge is 0.484 e. The molecule has 0 aliphatic rings. The molecule has 0 aliphatic carbocycles. The van der Waals surface area contributed by atoms with Gasteiger partial charge in [0.25, 0.3) is 11.6 Å². The van der Waals surface area contributed by atoms with E-state index in [-0.39, 0.29) is 29.4 Å². The van der Waals surface area contributed by atoms with Crippen LogP contribution in [0.25, 0.3) is 0 Å². The minimum atomic E-state index is -0.606. The Bertz CT molecular complexity index is 801. The Hall–Kier alpha value is -3.43. The van der Waals surface area contributed by atoms with Crippen molar-refractivity contribution in [3.8, 4) is 5.75 Å². The lowest BCUT2D eigenvalue weighted by molar-refractivity contribution is -0.384. The average Bonchev–Trinajstić information content (AvgIpc) is 2.94. The Balaban J connectivity index is 2.00. The Morgan fingerprint density at radius 2 is 2.16 bits per heavy atom. The first-order valence-electron chi connectivity index (χ1n) is 7.28. The maximum atomic E-state index is 12.0. The van der Waals surface area contributed by atoms with Crippen molar-refractivity contribution in [3.05, 3.63) is 46.1 Å². The molecule has 1 N–H and O–H groups in total. The van der Waals surface area contributed by atoms with Crippen LogP contribution in [0.1, 0.15) is 17.3 Å². The number of amides is 1. The number of carbonyl (C=O) groups is 2. The highest BCUT2D eigenvalue weighted by Crippen LogP contribution is 2.19. The number of aryl methyl sites for hydroxylation is 1. The third-order valence-electron chi connectivity index (χ3n) is 2.98. The van der Waals surface area contributed by atoms with Crippen molar-refractivity contribution in [1.82, 2.24) is 9.78 Å². The summed E-state index contributed by atoms with van der Waals surface area (Å²) in [5.74, 6) is -0.953. The fourth-order valence-electron chi connectivity index (χ4n) is 1.94. The molecule has 0 bridgehead atoms. The number of esters is 1. The van der Waals surface area contributed by atoms with E-state index in [2.05, 4.69) is 10.4 Å². The number of rotatable bonds is 7. The lowest BCUT2D eigenvalue weighted by atomic mass is 10.3. The molecule has 132 valence electrons. The normalized spacial score (nSPS) is 10.2. The van der Waals surface area contributed by atoms with Gasteiger partial charge >= 0.3 is 5.97 Å². The van der Waals surface area contributed by atoms with Gasteiger partial charge in [-0.2, -0.15) is 5.10 Å². The number of non-ortho nitro benzene ring substituents is 1. The summed E-state index contributed by atoms with van der Waals surface area (Å²) < 4.78 is 11.5. The summed E-state index contributed by atoms with van der Waals surface area (Å²) in [7, 11) is 1.60. The number of nitro benzene ring substituents is 1. The molecular formula is C15H16N4O6. The SMILES string of the molecule is CCOC(=O)c1cn(C)nc1NC(=O)COc1cccc([N+](=O)[O-])c1. The quantitative estimate of drug-likeness (QED) is 0.457. The Morgan fingerprint density at radius 3 is 2.84 bits per heavy atom. The fourth-order valence-corrected chi connectivity index (χ4v) is 1.94. The number of hydrogen-bond acceptors (Lipinski definition) is 7. The molecule has 0 atom stereocenters. The van der Waals surface area contributed by atoms with Gasteiger partial charge in [0.05, 0.1) is 17.6 Å². The van der Waals surface area contributed by atoms with Gasteiger partial charge < -0.3 is 14.8 Å². The van der Waals surface area contributed by atoms with Gasteiger partial charge in [-0.25, -0.2) is 4.79 Å². The number of nitro groups is 1. The third-order valence-corrected chi connectivity index (χ3v) is 2.98. The first kappa shape index (κ1) is 17.9. The number of carbonyl (C=O) groups excluding carboxylic acids is 2. The monoisotopic (exact) mass is 348 g/mol. The number of ether oxygens (including phenoxy) is 2. The van der Waals surface area contributed by atoms with Crippen molar-refractivity contribution in [2.75, 3.05) is 18.5 Å². The van der Waals surface area contributed by atoms with Crippen LogP contribution in [0.15, 0.2) is 30.5 Å². The van der Waals surface area contributed by atoms with Gasteiger partial charge in [-0.05, 0) is 13.0 Å². The molecule has 10 heteroatoms. The second kappa shape index (κ2) is 7.90. The van der Waals surface area contributed by atoms with Gasteiger partial charge in [-0.3, -0.25) is 19.6 Å². The highest BCUT2D eigenvalue weighted by molar-refractivity contribution is 6.00. The fraction of sp³-hybridized carbons (Fsp3) is 0.267. The zero-order valence-corrected chi connectivity index (χ0v) is 13.6. The van der Waals surface area contributed by atoms with E-state index in [9.17, 15) is 19.7 Å². The van der Waals surface area contributed by atoms with Crippen LogP contribution in [-0.4, -0.2) is 39.8 Å². The summed E-state index contributed by atoms with van der Waals surface area (Å²) >= 11 is 0. The lowest BCUT2D eigenvalue weighted by Crippen LogP contribution is -2.22. The van der Waals surface area contributed by atoms with E-state index in [1.165, 1.54) is 35.1 Å². The van der Waals surface area contributed by atoms with Crippen molar-refractivity contribution in [2.45, 2.75) is 6.92 Å². The zero-order valence-electron chi connectivity index (χ0n) is 13.6. The number of nitrogens with one attached hydrogen (secondary N) is 1. The molecule has 0 fully saturated rings. The van der Waals surface area contributed by atoms with Gasteiger partial charge in [-0.1, -0.05) is 6.07 Å². The van der Waals surface area contributed by atoms with Crippen LogP contribution in [0.5, 0.6) is 5.75 Å². The van der Waals surface area contributed by atoms with Crippen LogP contribution in [-0.2, 0) is 16.6 Å². The molecule has 0 spiro atoms. The molecule has 1 aromatic heterocycles. The van der Waals surface area contributed by atoms with Crippen molar-refractivity contribution in [3.63, 3.8) is 0 Å². The Morgan fingerprint density at radius 1 is 1.40 bits per heavy atom. The van der Waals surface area contributed by atoms with E-state index in [4.69, 9.17) is 9.47 Å². The number of hydrogen-bond donors (Lipinski definition) is 1. The molecular weight excluding hydrogens is 332 g/mol. The van der Waals surface area contributed by atoms with Crippen LogP contribution in [0.2, 0.25) is 0 Å². The van der Waals surface area contributed by atoms with E-state index in [1.54, 1.807) is 14.0 Å². The molecule has 0 unspecified atom stereocenters. The standard InChI is InChI=1S/C15H16N4O6/c1-3-24-15(21)12-8-18(2)17-14(12)16-13(20)9-25-11-6-4-5-10(7-11)19(22)23/h4-8H,3,9H2,1-2H3,(H,16,17,20). The van der Waals surface area contributed by atoms with Crippen molar-refractivity contribution in [1.29, 1.82) is 0 Å². The third kappa shape index (κ3) is 4.77. The molecule has 2 rings (SSSR count). The van der Waals surface area contributed by atoms with Crippen LogP contribution < -0.4 is 10.1 Å². The smallest absolute Gasteiger partial charge is 0.343 e. The molecule has 1 aromatic carbocycles. The first-order valence-corrected chi connectivity index (χ1v) is 7.28. The summed E-state index contributed by atoms with van der Waals surface area (Å²) in [5.41, 5.74) is -0.0275. The molecule has 0 saturated heterocycles. The summed E-state index contributed by atoms with van der Waals surface area (Å²) in [5, 5.41) is 17.1. The highest BCUT2D eigenvalue weighted by atomic mass is 16.6. The second-order valence-electron chi connectivity index (χ2n) is 4.88. The molecule has 1 heterocycles. The maximum Gasteiger partial charge on any atom is 0.343 e. The van der Waals surface area contributed by atoms with Crippen molar-refractivity contribution < 1.29 is 24.0 Å². The Kier molecular flexibility index (Phi) is 5.66. The van der Waals surface area contributed by atoms with Crippen molar-refractivity contribution >= 4 is 23.4 Å².